The van der Waals surface area contributed by atoms with E-state index in [1.807, 2.05) is 4.90 Å². The predicted molar refractivity (Wildman–Crippen MR) is 110 cm³/mol. The van der Waals surface area contributed by atoms with Gasteiger partial charge in [-0.25, -0.2) is 0 Å². The molecule has 0 unspecified atom stereocenters. The van der Waals surface area contributed by atoms with Crippen LogP contribution in [0.1, 0.15) is 44.0 Å². The van der Waals surface area contributed by atoms with Crippen LogP contribution in [0.5, 0.6) is 0 Å². The third-order valence-electron chi connectivity index (χ3n) is 4.78. The van der Waals surface area contributed by atoms with Crippen LogP contribution in [0.4, 0.5) is 5.69 Å². The first-order valence-electron chi connectivity index (χ1n) is 10.0. The fourth-order valence-corrected chi connectivity index (χ4v) is 3.11. The molecule has 2 N–H and O–H groups in total. The number of hydrogen-bond donors (Lipinski definition) is 2. The maximum absolute atomic E-state index is 13.0. The van der Waals surface area contributed by atoms with Crippen LogP contribution in [-0.4, -0.2) is 66.8 Å². The highest BCUT2D eigenvalue weighted by molar-refractivity contribution is 5.95. The Kier molecular flexibility index (Phi) is 8.44. The van der Waals surface area contributed by atoms with Gasteiger partial charge in [-0.3, -0.25) is 14.4 Å². The highest BCUT2D eigenvalue weighted by atomic mass is 16.2. The van der Waals surface area contributed by atoms with Crippen molar-refractivity contribution < 1.29 is 14.4 Å². The Morgan fingerprint density at radius 1 is 1.11 bits per heavy atom. The Balaban J connectivity index is 2.00. The average Bonchev–Trinajstić information content (AvgIpc) is 2.68. The molecule has 0 aliphatic carbocycles. The van der Waals surface area contributed by atoms with Crippen LogP contribution in [0.2, 0.25) is 0 Å². The molecule has 28 heavy (non-hydrogen) atoms. The molecule has 1 aromatic rings. The van der Waals surface area contributed by atoms with Crippen molar-refractivity contribution in [2.75, 3.05) is 44.6 Å². The van der Waals surface area contributed by atoms with Gasteiger partial charge in [0.15, 0.2) is 0 Å². The Morgan fingerprint density at radius 2 is 1.75 bits per heavy atom. The number of rotatable bonds is 8. The zero-order chi connectivity index (χ0) is 20.5. The van der Waals surface area contributed by atoms with Crippen LogP contribution in [0.3, 0.4) is 0 Å². The average molecular weight is 389 g/mol. The quantitative estimate of drug-likeness (QED) is 0.713. The molecule has 1 saturated heterocycles. The fourth-order valence-electron chi connectivity index (χ4n) is 3.11. The maximum Gasteiger partial charge on any atom is 0.253 e. The van der Waals surface area contributed by atoms with Gasteiger partial charge in [-0.2, -0.15) is 0 Å². The lowest BCUT2D eigenvalue weighted by molar-refractivity contribution is -0.132. The zero-order valence-electron chi connectivity index (χ0n) is 17.2. The Hall–Kier alpha value is -2.41. The number of carbonyl (C=O) groups is 3. The van der Waals surface area contributed by atoms with Gasteiger partial charge in [0, 0.05) is 63.9 Å². The first-order valence-corrected chi connectivity index (χ1v) is 10.0. The third-order valence-corrected chi connectivity index (χ3v) is 4.78. The van der Waals surface area contributed by atoms with Crippen LogP contribution in [0.15, 0.2) is 24.3 Å². The van der Waals surface area contributed by atoms with E-state index in [2.05, 4.69) is 24.5 Å². The summed E-state index contributed by atoms with van der Waals surface area (Å²) in [5.74, 6) is 0.346. The van der Waals surface area contributed by atoms with Gasteiger partial charge in [0.05, 0.1) is 0 Å². The van der Waals surface area contributed by atoms with Gasteiger partial charge in [0.25, 0.3) is 5.91 Å². The highest BCUT2D eigenvalue weighted by Crippen LogP contribution is 2.14. The third kappa shape index (κ3) is 6.96. The summed E-state index contributed by atoms with van der Waals surface area (Å²) < 4.78 is 0. The van der Waals surface area contributed by atoms with E-state index in [9.17, 15) is 14.4 Å². The van der Waals surface area contributed by atoms with E-state index in [0.29, 0.717) is 36.7 Å². The molecule has 2 rings (SSSR count). The molecule has 0 aromatic heterocycles. The normalized spacial score (nSPS) is 14.1. The van der Waals surface area contributed by atoms with E-state index in [1.165, 1.54) is 6.92 Å². The number of nitrogens with zero attached hydrogens (tertiary/aromatic N) is 2. The molecule has 0 saturated carbocycles. The number of benzene rings is 1. The predicted octanol–water partition coefficient (Wildman–Crippen LogP) is 1.96. The van der Waals surface area contributed by atoms with Crippen molar-refractivity contribution in [1.29, 1.82) is 0 Å². The van der Waals surface area contributed by atoms with Gasteiger partial charge in [-0.1, -0.05) is 13.8 Å². The van der Waals surface area contributed by atoms with Gasteiger partial charge < -0.3 is 20.4 Å². The van der Waals surface area contributed by atoms with E-state index in [4.69, 9.17) is 0 Å². The topological polar surface area (TPSA) is 81.8 Å². The number of carbonyl (C=O) groups excluding carboxylic acids is 3. The molecule has 1 aliphatic rings. The zero-order valence-corrected chi connectivity index (χ0v) is 17.2. The van der Waals surface area contributed by atoms with E-state index < -0.39 is 0 Å². The van der Waals surface area contributed by atoms with Crippen LogP contribution >= 0.6 is 0 Å². The van der Waals surface area contributed by atoms with Crippen molar-refractivity contribution in [2.45, 2.75) is 33.6 Å². The smallest absolute Gasteiger partial charge is 0.253 e. The van der Waals surface area contributed by atoms with Crippen molar-refractivity contribution in [2.24, 2.45) is 5.92 Å². The second kappa shape index (κ2) is 10.8. The summed E-state index contributed by atoms with van der Waals surface area (Å²) in [6.45, 7) is 9.83. The molecule has 0 atom stereocenters. The SMILES string of the molecule is CC(=O)Nc1ccc(C(=O)N(CCC(=O)N2CCNCC2)CCC(C)C)cc1. The summed E-state index contributed by atoms with van der Waals surface area (Å²) in [4.78, 5) is 40.2. The van der Waals surface area contributed by atoms with Gasteiger partial charge in [0.2, 0.25) is 11.8 Å². The van der Waals surface area contributed by atoms with E-state index >= 15 is 0 Å². The number of piperazine rings is 1. The molecule has 0 bridgehead atoms. The van der Waals surface area contributed by atoms with E-state index in [-0.39, 0.29) is 17.7 Å². The van der Waals surface area contributed by atoms with Gasteiger partial charge in [-0.15, -0.1) is 0 Å². The Bertz CT molecular complexity index is 667. The number of nitrogens with one attached hydrogen (secondary N) is 2. The van der Waals surface area contributed by atoms with E-state index in [1.54, 1.807) is 29.2 Å². The lowest BCUT2D eigenvalue weighted by Crippen LogP contribution is -2.47. The van der Waals surface area contributed by atoms with Crippen molar-refractivity contribution in [3.8, 4) is 0 Å². The second-order valence-electron chi connectivity index (χ2n) is 7.61. The molecule has 1 heterocycles. The lowest BCUT2D eigenvalue weighted by Gasteiger charge is -2.29. The Morgan fingerprint density at radius 3 is 2.32 bits per heavy atom. The maximum atomic E-state index is 13.0. The molecule has 1 fully saturated rings. The van der Waals surface area contributed by atoms with Gasteiger partial charge in [-0.05, 0) is 36.6 Å². The number of anilines is 1. The van der Waals surface area contributed by atoms with Crippen LogP contribution in [-0.2, 0) is 9.59 Å². The molecule has 7 heteroatoms. The van der Waals surface area contributed by atoms with Crippen LogP contribution in [0, 0.1) is 5.92 Å². The summed E-state index contributed by atoms with van der Waals surface area (Å²) in [5, 5.41) is 5.94. The summed E-state index contributed by atoms with van der Waals surface area (Å²) in [5.41, 5.74) is 1.22. The molecule has 1 aliphatic heterocycles. The van der Waals surface area contributed by atoms with Crippen molar-refractivity contribution >= 4 is 23.4 Å². The van der Waals surface area contributed by atoms with Gasteiger partial charge >= 0.3 is 0 Å². The molecule has 1 aromatic carbocycles. The number of hydrogen-bond acceptors (Lipinski definition) is 4. The molecule has 154 valence electrons. The first kappa shape index (κ1) is 21.9. The lowest BCUT2D eigenvalue weighted by atomic mass is 10.1. The van der Waals surface area contributed by atoms with Crippen molar-refractivity contribution in [3.05, 3.63) is 29.8 Å². The molecule has 7 nitrogen and oxygen atoms in total. The van der Waals surface area contributed by atoms with Crippen LogP contribution < -0.4 is 10.6 Å². The minimum Gasteiger partial charge on any atom is -0.340 e. The molecule has 0 radical (unpaired) electrons. The monoisotopic (exact) mass is 388 g/mol. The standard InChI is InChI=1S/C21H32N4O3/c1-16(2)8-12-25(13-9-20(27)24-14-10-22-11-15-24)21(28)18-4-6-19(7-5-18)23-17(3)26/h4-7,16,22H,8-15H2,1-3H3,(H,23,26). The minimum absolute atomic E-state index is 0.0804. The molecular weight excluding hydrogens is 356 g/mol. The van der Waals surface area contributed by atoms with Gasteiger partial charge in [0.1, 0.15) is 0 Å². The van der Waals surface area contributed by atoms with E-state index in [0.717, 1.165) is 32.6 Å². The second-order valence-corrected chi connectivity index (χ2v) is 7.61. The van der Waals surface area contributed by atoms with Crippen molar-refractivity contribution in [1.82, 2.24) is 15.1 Å². The van der Waals surface area contributed by atoms with Crippen molar-refractivity contribution in [3.63, 3.8) is 0 Å². The largest absolute Gasteiger partial charge is 0.340 e. The molecule has 0 spiro atoms. The number of amides is 3. The summed E-state index contributed by atoms with van der Waals surface area (Å²) in [6, 6.07) is 6.88. The fraction of sp³-hybridized carbons (Fsp3) is 0.571. The minimum atomic E-state index is -0.149. The molecule has 3 amide bonds. The van der Waals surface area contributed by atoms with Crippen LogP contribution in [0.25, 0.3) is 0 Å². The molecular formula is C21H32N4O3. The summed E-state index contributed by atoms with van der Waals surface area (Å²) in [6.07, 6.45) is 1.23. The highest BCUT2D eigenvalue weighted by Gasteiger charge is 2.20. The summed E-state index contributed by atoms with van der Waals surface area (Å²) >= 11 is 0. The first-order chi connectivity index (χ1) is 13.4. The summed E-state index contributed by atoms with van der Waals surface area (Å²) in [7, 11) is 0. The Labute approximate surface area is 167 Å².